The Labute approximate surface area is 107 Å². The van der Waals surface area contributed by atoms with E-state index in [0.29, 0.717) is 6.61 Å². The van der Waals surface area contributed by atoms with Crippen LogP contribution in [0.5, 0.6) is 5.75 Å². The van der Waals surface area contributed by atoms with Crippen LogP contribution in [0.3, 0.4) is 0 Å². The molecule has 93 valence electrons. The summed E-state index contributed by atoms with van der Waals surface area (Å²) in [5.41, 5.74) is 1.17. The van der Waals surface area contributed by atoms with Gasteiger partial charge >= 0.3 is 30.5 Å². The molecule has 1 aromatic carbocycles. The van der Waals surface area contributed by atoms with Crippen LogP contribution in [0.4, 0.5) is 0 Å². The zero-order valence-electron chi connectivity index (χ0n) is 8.08. The van der Waals surface area contributed by atoms with Crippen molar-refractivity contribution in [2.24, 2.45) is 0 Å². The second kappa shape index (κ2) is 6.96. The first-order valence-corrected chi connectivity index (χ1v) is 7.42. The van der Waals surface area contributed by atoms with Gasteiger partial charge in [-0.15, -0.1) is 0 Å². The summed E-state index contributed by atoms with van der Waals surface area (Å²) < 4.78 is 36.0. The third-order valence-electron chi connectivity index (χ3n) is 1.55. The molecule has 0 spiro atoms. The van der Waals surface area contributed by atoms with Crippen LogP contribution in [-0.2, 0) is 20.8 Å². The predicted molar refractivity (Wildman–Crippen MR) is 54.1 cm³/mol. The van der Waals surface area contributed by atoms with Gasteiger partial charge in [0, 0.05) is 22.6 Å². The topological polar surface area (TPSA) is 87.0 Å². The fourth-order valence-corrected chi connectivity index (χ4v) is 1.06. The van der Waals surface area contributed by atoms with Gasteiger partial charge in [-0.05, 0) is 12.1 Å². The van der Waals surface area contributed by atoms with Gasteiger partial charge in [-0.25, -0.2) is 0 Å². The molecular weight excluding hydrogens is 327 g/mol. The SMILES string of the molecule is C1=Cc2ccccc2OC1.O=[As](O)(O)O.[Cu]. The summed E-state index contributed by atoms with van der Waals surface area (Å²) >= 11 is -5.12. The van der Waals surface area contributed by atoms with E-state index in [-0.39, 0.29) is 17.1 Å². The molecule has 5 nitrogen and oxygen atoms in total. The molecule has 1 aliphatic rings. The average molecular weight is 338 g/mol. The Morgan fingerprint density at radius 1 is 1.19 bits per heavy atom. The smallest absolute Gasteiger partial charge is 0 e. The molecule has 3 N–H and O–H groups in total. The van der Waals surface area contributed by atoms with Crippen molar-refractivity contribution in [3.63, 3.8) is 0 Å². The second-order valence-electron chi connectivity index (χ2n) is 2.76. The molecule has 0 fully saturated rings. The van der Waals surface area contributed by atoms with Crippen LogP contribution in [0.2, 0.25) is 0 Å². The van der Waals surface area contributed by atoms with E-state index in [1.54, 1.807) is 0 Å². The van der Waals surface area contributed by atoms with Crippen LogP contribution >= 0.6 is 0 Å². The van der Waals surface area contributed by atoms with Crippen LogP contribution in [-0.4, -0.2) is 33.4 Å². The minimum atomic E-state index is -5.12. The van der Waals surface area contributed by atoms with Crippen molar-refractivity contribution in [1.82, 2.24) is 0 Å². The van der Waals surface area contributed by atoms with E-state index in [2.05, 4.69) is 6.08 Å². The fraction of sp³-hybridized carbons (Fsp3) is 0.111. The summed E-state index contributed by atoms with van der Waals surface area (Å²) in [5, 5.41) is 0. The molecule has 0 bridgehead atoms. The Balaban J connectivity index is 0.000000330. The summed E-state index contributed by atoms with van der Waals surface area (Å²) in [4.78, 5) is 0. The number of rotatable bonds is 0. The van der Waals surface area contributed by atoms with Crippen LogP contribution in [0.15, 0.2) is 30.3 Å². The Bertz CT molecular complexity index is 392. The summed E-state index contributed by atoms with van der Waals surface area (Å²) in [5.74, 6) is 0.991. The Morgan fingerprint density at radius 2 is 1.75 bits per heavy atom. The molecule has 1 radical (unpaired) electrons. The van der Waals surface area contributed by atoms with Gasteiger partial charge in [0.25, 0.3) is 0 Å². The summed E-state index contributed by atoms with van der Waals surface area (Å²) in [6, 6.07) is 8.03. The van der Waals surface area contributed by atoms with Gasteiger partial charge in [-0.3, -0.25) is 0 Å². The molecule has 16 heavy (non-hydrogen) atoms. The van der Waals surface area contributed by atoms with Crippen molar-refractivity contribution in [3.05, 3.63) is 35.9 Å². The van der Waals surface area contributed by atoms with Crippen LogP contribution < -0.4 is 4.74 Å². The maximum absolute atomic E-state index is 8.94. The van der Waals surface area contributed by atoms with Gasteiger partial charge in [-0.1, -0.05) is 24.3 Å². The molecule has 2 rings (SSSR count). The third-order valence-corrected chi connectivity index (χ3v) is 1.55. The van der Waals surface area contributed by atoms with Crippen molar-refractivity contribution in [3.8, 4) is 5.75 Å². The fourth-order valence-electron chi connectivity index (χ4n) is 1.06. The number of para-hydroxylation sites is 1. The minimum absolute atomic E-state index is 0. The molecule has 0 atom stereocenters. The molecule has 1 aromatic rings. The number of hydrogen-bond acceptors (Lipinski definition) is 2. The van der Waals surface area contributed by atoms with Crippen molar-refractivity contribution < 1.29 is 37.8 Å². The van der Waals surface area contributed by atoms with E-state index < -0.39 is 14.5 Å². The molecule has 0 amide bonds. The summed E-state index contributed by atoms with van der Waals surface area (Å²) in [7, 11) is 0. The molecule has 0 unspecified atom stereocenters. The Hall–Kier alpha value is -0.482. The number of ether oxygens (including phenoxy) is 1. The summed E-state index contributed by atoms with van der Waals surface area (Å²) in [6.07, 6.45) is 4.10. The van der Waals surface area contributed by atoms with Gasteiger partial charge in [0.15, 0.2) is 0 Å². The largest absolute Gasteiger partial charge is 0 e. The zero-order chi connectivity index (χ0) is 11.3. The zero-order valence-corrected chi connectivity index (χ0v) is 10.9. The van der Waals surface area contributed by atoms with Crippen LogP contribution in [0.25, 0.3) is 6.08 Å². The van der Waals surface area contributed by atoms with Gasteiger partial charge in [0.05, 0.1) is 0 Å². The van der Waals surface area contributed by atoms with E-state index >= 15 is 0 Å². The number of fused-ring (bicyclic) bond motifs is 1. The van der Waals surface area contributed by atoms with Gasteiger partial charge in [0.1, 0.15) is 12.4 Å². The molecule has 1 heterocycles. The number of hydrogen-bond donors (Lipinski definition) is 3. The van der Waals surface area contributed by atoms with E-state index in [1.165, 1.54) is 5.56 Å². The van der Waals surface area contributed by atoms with E-state index in [9.17, 15) is 0 Å². The van der Waals surface area contributed by atoms with Crippen LogP contribution in [0, 0.1) is 0 Å². The first kappa shape index (κ1) is 15.5. The monoisotopic (exact) mass is 337 g/mol. The van der Waals surface area contributed by atoms with Crippen molar-refractivity contribution in [2.45, 2.75) is 0 Å². The molecule has 7 heteroatoms. The normalized spacial score (nSPS) is 12.4. The number of benzene rings is 1. The first-order valence-electron chi connectivity index (χ1n) is 4.13. The van der Waals surface area contributed by atoms with Crippen molar-refractivity contribution in [1.29, 1.82) is 0 Å². The van der Waals surface area contributed by atoms with E-state index in [0.717, 1.165) is 5.75 Å². The molecular formula is C9H11AsCuO5. The van der Waals surface area contributed by atoms with Gasteiger partial charge < -0.3 is 4.74 Å². The Kier molecular flexibility index (Phi) is 6.75. The maximum Gasteiger partial charge on any atom is 0 e. The molecule has 0 aromatic heterocycles. The molecule has 0 saturated heterocycles. The predicted octanol–water partition coefficient (Wildman–Crippen LogP) is -0.0809. The standard InChI is InChI=1S/C9H8O.AsH3O4.Cu/c1-2-6-9-8(4-1)5-3-7-10-9;2-1(3,4)5;/h1-6H,7H2;(H3,2,3,4,5);. The first-order chi connectivity index (χ1) is 6.97. The van der Waals surface area contributed by atoms with E-state index in [4.69, 9.17) is 20.8 Å². The molecule has 0 aliphatic carbocycles. The molecule has 1 aliphatic heterocycles. The quantitative estimate of drug-likeness (QED) is 0.576. The van der Waals surface area contributed by atoms with Crippen molar-refractivity contribution >= 4 is 20.6 Å². The maximum atomic E-state index is 8.94. The van der Waals surface area contributed by atoms with Crippen LogP contribution in [0.1, 0.15) is 5.56 Å². The summed E-state index contributed by atoms with van der Waals surface area (Å²) in [6.45, 7) is 0.705. The van der Waals surface area contributed by atoms with Crippen molar-refractivity contribution in [2.75, 3.05) is 6.61 Å². The van der Waals surface area contributed by atoms with Gasteiger partial charge in [0.2, 0.25) is 0 Å². The second-order valence-corrected chi connectivity index (χ2v) is 4.92. The minimum Gasteiger partial charge on any atom is 0 e. The third kappa shape index (κ3) is 6.90. The van der Waals surface area contributed by atoms with E-state index in [1.807, 2.05) is 30.3 Å². The van der Waals surface area contributed by atoms with Gasteiger partial charge in [-0.2, -0.15) is 0 Å². The molecule has 0 saturated carbocycles. The average Bonchev–Trinajstić information content (AvgIpc) is 2.16. The Morgan fingerprint density at radius 3 is 2.31 bits per heavy atom.